The van der Waals surface area contributed by atoms with E-state index in [0.29, 0.717) is 12.2 Å². The van der Waals surface area contributed by atoms with Gasteiger partial charge >= 0.3 is 10.3 Å². The molecule has 0 saturated heterocycles. The summed E-state index contributed by atoms with van der Waals surface area (Å²) in [6, 6.07) is 13.6. The van der Waals surface area contributed by atoms with Crippen LogP contribution in [0.15, 0.2) is 53.9 Å². The molecule has 10 heteroatoms. The molecule has 0 bridgehead atoms. The van der Waals surface area contributed by atoms with Gasteiger partial charge in [0.25, 0.3) is 0 Å². The van der Waals surface area contributed by atoms with E-state index in [1.807, 2.05) is 41.3 Å². The highest BCUT2D eigenvalue weighted by Crippen LogP contribution is 2.24. The maximum absolute atomic E-state index is 12.8. The molecule has 0 radical (unpaired) electrons. The molecule has 3 N–H and O–H groups in total. The minimum absolute atomic E-state index is 0.138. The number of carbonyl (C=O) groups excluding carboxylic acids is 1. The Hall–Kier alpha value is -2.95. The van der Waals surface area contributed by atoms with Crippen LogP contribution in [0.4, 0.5) is 5.69 Å². The summed E-state index contributed by atoms with van der Waals surface area (Å²) in [5.41, 5.74) is 2.93. The van der Waals surface area contributed by atoms with Crippen molar-refractivity contribution in [1.82, 2.24) is 10.3 Å². The SMILES string of the molecule is CCc1csc(C(Cc2ccc(NS(=O)(=O)O)cc2)NC(=O)Cc2cccc(OC)c2)n1. The summed E-state index contributed by atoms with van der Waals surface area (Å²) in [4.78, 5) is 17.4. The molecule has 0 aliphatic rings. The smallest absolute Gasteiger partial charge is 0.357 e. The first-order valence-corrected chi connectivity index (χ1v) is 12.3. The molecule has 2 aromatic carbocycles. The molecule has 8 nitrogen and oxygen atoms in total. The molecule has 1 aromatic heterocycles. The van der Waals surface area contributed by atoms with Gasteiger partial charge in [-0.1, -0.05) is 31.2 Å². The minimum Gasteiger partial charge on any atom is -0.497 e. The van der Waals surface area contributed by atoms with E-state index in [0.717, 1.165) is 28.2 Å². The molecular weight excluding hydrogens is 450 g/mol. The van der Waals surface area contributed by atoms with Crippen LogP contribution in [0, 0.1) is 0 Å². The van der Waals surface area contributed by atoms with E-state index >= 15 is 0 Å². The number of nitrogens with zero attached hydrogens (tertiary/aromatic N) is 1. The lowest BCUT2D eigenvalue weighted by Gasteiger charge is -2.17. The van der Waals surface area contributed by atoms with Gasteiger partial charge in [0.1, 0.15) is 10.8 Å². The monoisotopic (exact) mass is 475 g/mol. The molecule has 1 atom stereocenters. The van der Waals surface area contributed by atoms with Gasteiger partial charge in [0.15, 0.2) is 0 Å². The highest BCUT2D eigenvalue weighted by Gasteiger charge is 2.19. The lowest BCUT2D eigenvalue weighted by Crippen LogP contribution is -2.31. The molecule has 3 rings (SSSR count). The molecule has 3 aromatic rings. The standard InChI is InChI=1S/C22H25N3O5S2/c1-3-17-14-31-22(23-17)20(12-15-7-9-18(10-8-15)25-32(27,28)29)24-21(26)13-16-5-4-6-19(11-16)30-2/h4-11,14,20,25H,3,12-13H2,1-2H3,(H,24,26)(H,27,28,29). The van der Waals surface area contributed by atoms with Gasteiger partial charge in [0.05, 0.1) is 31.0 Å². The number of ether oxygens (including phenoxy) is 1. The molecule has 170 valence electrons. The number of anilines is 1. The van der Waals surface area contributed by atoms with Crippen molar-refractivity contribution in [2.24, 2.45) is 0 Å². The lowest BCUT2D eigenvalue weighted by atomic mass is 10.0. The van der Waals surface area contributed by atoms with Gasteiger partial charge in [-0.3, -0.25) is 14.1 Å². The molecule has 0 saturated carbocycles. The third-order valence-electron chi connectivity index (χ3n) is 4.70. The summed E-state index contributed by atoms with van der Waals surface area (Å²) in [6.07, 6.45) is 1.49. The van der Waals surface area contributed by atoms with Gasteiger partial charge in [-0.2, -0.15) is 8.42 Å². The molecular formula is C22H25N3O5S2. The second kappa shape index (κ2) is 10.6. The van der Waals surface area contributed by atoms with E-state index in [1.165, 1.54) is 11.3 Å². The lowest BCUT2D eigenvalue weighted by molar-refractivity contribution is -0.121. The Kier molecular flexibility index (Phi) is 7.84. The summed E-state index contributed by atoms with van der Waals surface area (Å²) in [7, 11) is -2.75. The van der Waals surface area contributed by atoms with Crippen molar-refractivity contribution >= 4 is 33.2 Å². The average molecular weight is 476 g/mol. The van der Waals surface area contributed by atoms with E-state index in [4.69, 9.17) is 9.29 Å². The molecule has 1 unspecified atom stereocenters. The Morgan fingerprint density at radius 1 is 1.19 bits per heavy atom. The van der Waals surface area contributed by atoms with Crippen LogP contribution >= 0.6 is 11.3 Å². The largest absolute Gasteiger partial charge is 0.497 e. The Morgan fingerprint density at radius 3 is 2.56 bits per heavy atom. The molecule has 1 heterocycles. The fourth-order valence-corrected chi connectivity index (χ4v) is 4.54. The van der Waals surface area contributed by atoms with E-state index in [-0.39, 0.29) is 24.1 Å². The van der Waals surface area contributed by atoms with Gasteiger partial charge in [0.2, 0.25) is 5.91 Å². The number of aromatic nitrogens is 1. The summed E-state index contributed by atoms with van der Waals surface area (Å²) in [5, 5.41) is 5.86. The Labute approximate surface area is 191 Å². The Balaban J connectivity index is 1.75. The van der Waals surface area contributed by atoms with Crippen LogP contribution in [0.1, 0.15) is 34.8 Å². The van der Waals surface area contributed by atoms with Crippen LogP contribution in [-0.4, -0.2) is 31.0 Å². The second-order valence-corrected chi connectivity index (χ2v) is 9.20. The first kappa shape index (κ1) is 23.7. The number of nitrogens with one attached hydrogen (secondary N) is 2. The van der Waals surface area contributed by atoms with Crippen molar-refractivity contribution in [3.8, 4) is 5.75 Å². The molecule has 0 aliphatic carbocycles. The quantitative estimate of drug-likeness (QED) is 0.386. The summed E-state index contributed by atoms with van der Waals surface area (Å²) < 4.78 is 38.1. The number of benzene rings is 2. The van der Waals surface area contributed by atoms with Crippen molar-refractivity contribution in [1.29, 1.82) is 0 Å². The maximum atomic E-state index is 12.8. The van der Waals surface area contributed by atoms with Crippen LogP contribution in [0.2, 0.25) is 0 Å². The Morgan fingerprint density at radius 2 is 1.94 bits per heavy atom. The zero-order chi connectivity index (χ0) is 23.1. The van der Waals surface area contributed by atoms with Crippen LogP contribution in [0.25, 0.3) is 0 Å². The molecule has 1 amide bonds. The summed E-state index contributed by atoms with van der Waals surface area (Å²) in [5.74, 6) is 0.555. The van der Waals surface area contributed by atoms with Crippen molar-refractivity contribution < 1.29 is 22.5 Å². The fourth-order valence-electron chi connectivity index (χ4n) is 3.15. The number of aryl methyl sites for hydroxylation is 1. The number of methoxy groups -OCH3 is 1. The van der Waals surface area contributed by atoms with Crippen molar-refractivity contribution in [3.05, 3.63) is 75.7 Å². The van der Waals surface area contributed by atoms with E-state index < -0.39 is 10.3 Å². The van der Waals surface area contributed by atoms with Gasteiger partial charge in [-0.15, -0.1) is 11.3 Å². The molecule has 0 aliphatic heterocycles. The number of hydrogen-bond acceptors (Lipinski definition) is 6. The minimum atomic E-state index is -4.33. The summed E-state index contributed by atoms with van der Waals surface area (Å²) in [6.45, 7) is 2.02. The normalized spacial score (nSPS) is 12.2. The average Bonchev–Trinajstić information content (AvgIpc) is 3.23. The van der Waals surface area contributed by atoms with Crippen LogP contribution in [0.3, 0.4) is 0 Å². The highest BCUT2D eigenvalue weighted by molar-refractivity contribution is 7.87. The number of thiazole rings is 1. The van der Waals surface area contributed by atoms with Crippen molar-refractivity contribution in [2.45, 2.75) is 32.2 Å². The second-order valence-electron chi connectivity index (χ2n) is 7.16. The van der Waals surface area contributed by atoms with Gasteiger partial charge in [0, 0.05) is 5.38 Å². The number of carbonyl (C=O) groups is 1. The first-order valence-electron chi connectivity index (χ1n) is 9.96. The molecule has 0 spiro atoms. The fraction of sp³-hybridized carbons (Fsp3) is 0.273. The van der Waals surface area contributed by atoms with E-state index in [2.05, 4.69) is 10.3 Å². The molecule has 32 heavy (non-hydrogen) atoms. The summed E-state index contributed by atoms with van der Waals surface area (Å²) >= 11 is 1.50. The van der Waals surface area contributed by atoms with Crippen LogP contribution in [0.5, 0.6) is 5.75 Å². The van der Waals surface area contributed by atoms with E-state index in [9.17, 15) is 13.2 Å². The third-order valence-corrected chi connectivity index (χ3v) is 6.21. The predicted octanol–water partition coefficient (Wildman–Crippen LogP) is 3.57. The third kappa shape index (κ3) is 7.04. The first-order chi connectivity index (χ1) is 15.3. The zero-order valence-corrected chi connectivity index (χ0v) is 19.4. The topological polar surface area (TPSA) is 118 Å². The predicted molar refractivity (Wildman–Crippen MR) is 124 cm³/mol. The zero-order valence-electron chi connectivity index (χ0n) is 17.7. The van der Waals surface area contributed by atoms with Crippen molar-refractivity contribution in [3.63, 3.8) is 0 Å². The van der Waals surface area contributed by atoms with Crippen LogP contribution < -0.4 is 14.8 Å². The van der Waals surface area contributed by atoms with Crippen molar-refractivity contribution in [2.75, 3.05) is 11.8 Å². The van der Waals surface area contributed by atoms with Gasteiger partial charge < -0.3 is 10.1 Å². The van der Waals surface area contributed by atoms with Gasteiger partial charge in [-0.25, -0.2) is 4.98 Å². The number of amides is 1. The molecule has 0 fully saturated rings. The van der Waals surface area contributed by atoms with Crippen LogP contribution in [-0.2, 0) is 34.4 Å². The number of hydrogen-bond donors (Lipinski definition) is 3. The van der Waals surface area contributed by atoms with Gasteiger partial charge in [-0.05, 0) is 48.2 Å². The Bertz CT molecular complexity index is 1160. The van der Waals surface area contributed by atoms with E-state index in [1.54, 1.807) is 31.4 Å². The highest BCUT2D eigenvalue weighted by atomic mass is 32.2. The number of rotatable bonds is 10. The maximum Gasteiger partial charge on any atom is 0.357 e.